The number of hydrogen-bond acceptors (Lipinski definition) is 3. The maximum Gasteiger partial charge on any atom is 0.387 e. The summed E-state index contributed by atoms with van der Waals surface area (Å²) in [6.45, 7) is -1.15. The van der Waals surface area contributed by atoms with E-state index in [9.17, 15) is 18.4 Å². The highest BCUT2D eigenvalue weighted by atomic mass is 19.3. The van der Waals surface area contributed by atoms with Gasteiger partial charge < -0.3 is 10.1 Å². The summed E-state index contributed by atoms with van der Waals surface area (Å²) in [4.78, 5) is 25.1. The van der Waals surface area contributed by atoms with Crippen molar-refractivity contribution < 1.29 is 18.3 Å². The molecule has 2 aromatic carbocycles. The van der Waals surface area contributed by atoms with Crippen LogP contribution in [0.5, 0.6) is 5.75 Å². The van der Waals surface area contributed by atoms with Crippen LogP contribution in [0.3, 0.4) is 0 Å². The van der Waals surface area contributed by atoms with E-state index >= 15 is 0 Å². The number of benzene rings is 2. The van der Waals surface area contributed by atoms with E-state index in [-0.39, 0.29) is 17.0 Å². The predicted octanol–water partition coefficient (Wildman–Crippen LogP) is 3.74. The second kappa shape index (κ2) is 8.55. The normalized spacial score (nSPS) is 11.2. The Labute approximate surface area is 165 Å². The highest BCUT2D eigenvalue weighted by Crippen LogP contribution is 2.16. The van der Waals surface area contributed by atoms with E-state index in [1.54, 1.807) is 30.8 Å². The Morgan fingerprint density at radius 2 is 1.76 bits per heavy atom. The lowest BCUT2D eigenvalue weighted by Gasteiger charge is -2.07. The fourth-order valence-electron chi connectivity index (χ4n) is 2.81. The molecule has 0 aliphatic rings. The molecule has 1 amide bonds. The summed E-state index contributed by atoms with van der Waals surface area (Å²) in [5, 5.41) is 2.61. The number of nitrogens with one attached hydrogen (secondary N) is 1. The first kappa shape index (κ1) is 20.1. The van der Waals surface area contributed by atoms with Crippen LogP contribution in [0.15, 0.2) is 65.5 Å². The van der Waals surface area contributed by atoms with Crippen molar-refractivity contribution in [2.75, 3.05) is 5.32 Å². The van der Waals surface area contributed by atoms with E-state index < -0.39 is 12.5 Å². The van der Waals surface area contributed by atoms with Crippen LogP contribution in [0.1, 0.15) is 11.3 Å². The lowest BCUT2D eigenvalue weighted by atomic mass is 10.2. The van der Waals surface area contributed by atoms with Gasteiger partial charge in [-0.3, -0.25) is 14.3 Å². The molecule has 1 heterocycles. The first-order chi connectivity index (χ1) is 13.9. The van der Waals surface area contributed by atoms with E-state index in [1.807, 2.05) is 18.2 Å². The monoisotopic (exact) mass is 399 g/mol. The zero-order chi connectivity index (χ0) is 21.0. The maximum atomic E-state index is 12.8. The predicted molar refractivity (Wildman–Crippen MR) is 106 cm³/mol. The van der Waals surface area contributed by atoms with Crippen molar-refractivity contribution in [3.8, 4) is 11.4 Å². The van der Waals surface area contributed by atoms with Crippen LogP contribution < -0.4 is 15.6 Å². The summed E-state index contributed by atoms with van der Waals surface area (Å²) in [5.74, 6) is -0.452. The van der Waals surface area contributed by atoms with Gasteiger partial charge in [0.25, 0.3) is 5.56 Å². The van der Waals surface area contributed by atoms with E-state index in [0.29, 0.717) is 16.9 Å². The lowest BCUT2D eigenvalue weighted by Crippen LogP contribution is -2.22. The molecule has 8 heteroatoms. The molecule has 1 N–H and O–H groups in total. The molecule has 1 aromatic heterocycles. The number of ether oxygens (including phenoxy) is 1. The minimum absolute atomic E-state index is 0.0305. The van der Waals surface area contributed by atoms with Gasteiger partial charge in [-0.25, -0.2) is 4.68 Å². The van der Waals surface area contributed by atoms with Crippen LogP contribution in [0.4, 0.5) is 14.5 Å². The number of hydrogen-bond donors (Lipinski definition) is 1. The fraction of sp³-hybridized carbons (Fsp3) is 0.143. The van der Waals surface area contributed by atoms with E-state index in [1.165, 1.54) is 41.1 Å². The van der Waals surface area contributed by atoms with Crippen LogP contribution in [0.2, 0.25) is 0 Å². The summed E-state index contributed by atoms with van der Waals surface area (Å²) in [6, 6.07) is 14.9. The van der Waals surface area contributed by atoms with E-state index in [2.05, 4.69) is 10.1 Å². The third-order valence-electron chi connectivity index (χ3n) is 4.33. The van der Waals surface area contributed by atoms with Gasteiger partial charge in [-0.2, -0.15) is 8.78 Å². The van der Waals surface area contributed by atoms with Crippen LogP contribution in [-0.2, 0) is 11.8 Å². The van der Waals surface area contributed by atoms with Crippen LogP contribution >= 0.6 is 0 Å². The second-order valence-electron chi connectivity index (χ2n) is 6.21. The van der Waals surface area contributed by atoms with Crippen molar-refractivity contribution in [2.24, 2.45) is 7.05 Å². The molecule has 3 rings (SSSR count). The average molecular weight is 399 g/mol. The Kier molecular flexibility index (Phi) is 5.92. The highest BCUT2D eigenvalue weighted by molar-refractivity contribution is 6.02. The Hall–Kier alpha value is -3.68. The zero-order valence-electron chi connectivity index (χ0n) is 15.8. The largest absolute Gasteiger partial charge is 0.435 e. The summed E-state index contributed by atoms with van der Waals surface area (Å²) >= 11 is 0. The molecule has 0 unspecified atom stereocenters. The first-order valence-electron chi connectivity index (χ1n) is 8.75. The number of carbonyl (C=O) groups excluding carboxylic acids is 1. The van der Waals surface area contributed by atoms with Crippen molar-refractivity contribution in [3.05, 3.63) is 82.3 Å². The molecule has 0 atom stereocenters. The Morgan fingerprint density at radius 1 is 1.10 bits per heavy atom. The molecular weight excluding hydrogens is 380 g/mol. The molecule has 6 nitrogen and oxygen atoms in total. The minimum atomic E-state index is -2.89. The van der Waals surface area contributed by atoms with Gasteiger partial charge in [0.1, 0.15) is 11.4 Å². The second-order valence-corrected chi connectivity index (χ2v) is 6.21. The number of anilines is 1. The topological polar surface area (TPSA) is 65.3 Å². The summed E-state index contributed by atoms with van der Waals surface area (Å²) in [6.07, 6.45) is 2.78. The Balaban J connectivity index is 1.76. The summed E-state index contributed by atoms with van der Waals surface area (Å²) in [7, 11) is 1.73. The van der Waals surface area contributed by atoms with Crippen LogP contribution in [0, 0.1) is 6.92 Å². The Morgan fingerprint density at radius 3 is 2.38 bits per heavy atom. The average Bonchev–Trinajstić information content (AvgIpc) is 2.91. The summed E-state index contributed by atoms with van der Waals surface area (Å²) < 4.78 is 31.7. The molecule has 0 radical (unpaired) electrons. The van der Waals surface area contributed by atoms with Crippen molar-refractivity contribution in [1.29, 1.82) is 0 Å². The molecule has 0 aliphatic carbocycles. The standard InChI is InChI=1S/C21H19F2N3O3/c1-14-19(20(28)26(25(14)2)16-6-4-3-5-7-16)24-18(27)13-10-15-8-11-17(12-9-15)29-21(22)23/h3-13,21H,1-2H3,(H,24,27). The number of para-hydroxylation sites is 1. The number of alkyl halides is 2. The molecule has 0 fully saturated rings. The van der Waals surface area contributed by atoms with Crippen molar-refractivity contribution in [3.63, 3.8) is 0 Å². The van der Waals surface area contributed by atoms with Gasteiger partial charge >= 0.3 is 6.61 Å². The molecular formula is C21H19F2N3O3. The van der Waals surface area contributed by atoms with Crippen molar-refractivity contribution >= 4 is 17.7 Å². The quantitative estimate of drug-likeness (QED) is 0.643. The van der Waals surface area contributed by atoms with Crippen molar-refractivity contribution in [1.82, 2.24) is 9.36 Å². The number of carbonyl (C=O) groups is 1. The number of rotatable bonds is 6. The number of aromatic nitrogens is 2. The van der Waals surface area contributed by atoms with Crippen LogP contribution in [0.25, 0.3) is 11.8 Å². The zero-order valence-corrected chi connectivity index (χ0v) is 15.8. The molecule has 0 saturated heterocycles. The van der Waals surface area contributed by atoms with Gasteiger partial charge in [-0.1, -0.05) is 30.3 Å². The third kappa shape index (κ3) is 4.60. The van der Waals surface area contributed by atoms with E-state index in [0.717, 1.165) is 0 Å². The molecule has 0 bridgehead atoms. The molecule has 0 spiro atoms. The van der Waals surface area contributed by atoms with Crippen LogP contribution in [-0.4, -0.2) is 21.9 Å². The van der Waals surface area contributed by atoms with Gasteiger partial charge in [0.15, 0.2) is 0 Å². The molecule has 29 heavy (non-hydrogen) atoms. The molecule has 0 saturated carbocycles. The lowest BCUT2D eigenvalue weighted by molar-refractivity contribution is -0.111. The third-order valence-corrected chi connectivity index (χ3v) is 4.33. The summed E-state index contributed by atoms with van der Waals surface area (Å²) in [5.41, 5.74) is 1.76. The van der Waals surface area contributed by atoms with Gasteiger partial charge in [-0.15, -0.1) is 0 Å². The molecule has 3 aromatic rings. The van der Waals surface area contributed by atoms with Gasteiger partial charge in [0.05, 0.1) is 11.4 Å². The van der Waals surface area contributed by atoms with Gasteiger partial charge in [-0.05, 0) is 42.8 Å². The smallest absolute Gasteiger partial charge is 0.387 e. The van der Waals surface area contributed by atoms with Gasteiger partial charge in [0, 0.05) is 13.1 Å². The minimum Gasteiger partial charge on any atom is -0.435 e. The number of nitrogens with zero attached hydrogens (tertiary/aromatic N) is 2. The SMILES string of the molecule is Cc1c(NC(=O)C=Cc2ccc(OC(F)F)cc2)c(=O)n(-c2ccccc2)n1C. The molecule has 150 valence electrons. The maximum absolute atomic E-state index is 12.8. The van der Waals surface area contributed by atoms with E-state index in [4.69, 9.17) is 0 Å². The number of halogens is 2. The Bertz CT molecular complexity index is 1080. The first-order valence-corrected chi connectivity index (χ1v) is 8.75. The fourth-order valence-corrected chi connectivity index (χ4v) is 2.81. The van der Waals surface area contributed by atoms with Gasteiger partial charge in [0.2, 0.25) is 5.91 Å². The highest BCUT2D eigenvalue weighted by Gasteiger charge is 2.17. The number of amides is 1. The molecule has 0 aliphatic heterocycles. The van der Waals surface area contributed by atoms with Crippen molar-refractivity contribution in [2.45, 2.75) is 13.5 Å².